The third-order valence-electron chi connectivity index (χ3n) is 7.99. The van der Waals surface area contributed by atoms with Crippen LogP contribution in [0.4, 0.5) is 0 Å². The first-order valence-corrected chi connectivity index (χ1v) is 12.3. The van der Waals surface area contributed by atoms with Crippen molar-refractivity contribution in [3.05, 3.63) is 12.7 Å². The quantitative estimate of drug-likeness (QED) is 0.372. The van der Waals surface area contributed by atoms with Crippen LogP contribution in [0.15, 0.2) is 12.7 Å². The van der Waals surface area contributed by atoms with Crippen LogP contribution in [-0.2, 0) is 23.9 Å². The molecule has 3 aliphatic heterocycles. The lowest BCUT2D eigenvalue weighted by atomic mass is 9.62. The average molecular weight is 465 g/mol. The van der Waals surface area contributed by atoms with Crippen molar-refractivity contribution in [3.8, 4) is 0 Å². The number of ether oxygens (including phenoxy) is 2. The lowest BCUT2D eigenvalue weighted by Gasteiger charge is -2.39. The van der Waals surface area contributed by atoms with Crippen LogP contribution in [-0.4, -0.2) is 82.3 Å². The maximum atomic E-state index is 14.1. The Morgan fingerprint density at radius 3 is 2.70 bits per heavy atom. The Hall–Kier alpha value is -1.93. The number of esters is 1. The molecular formula is C25H40N2O6. The van der Waals surface area contributed by atoms with Crippen LogP contribution in [0.3, 0.4) is 0 Å². The summed E-state index contributed by atoms with van der Waals surface area (Å²) in [4.78, 5) is 44.3. The number of hydrogen-bond donors (Lipinski definition) is 1. The van der Waals surface area contributed by atoms with Gasteiger partial charge in [0.1, 0.15) is 17.6 Å². The zero-order valence-electron chi connectivity index (χ0n) is 20.7. The standard InChI is InChI=1S/C25H40N2O6/c1-7-11-17(5)26(12-8-2)22(30)20-25-15-16(4)24(6,33-25)19(23(31)32-9-3)18(25)21(29)27(20)13-10-14-28/h8,16-20,28H,2,7,9-15H2,1,3-6H3/t16?,17?,18-,19+,20?,24-,25?/m0/s1. The zero-order valence-corrected chi connectivity index (χ0v) is 20.7. The lowest BCUT2D eigenvalue weighted by Crippen LogP contribution is -2.58. The second kappa shape index (κ2) is 9.74. The van der Waals surface area contributed by atoms with E-state index in [-0.39, 0.29) is 43.5 Å². The van der Waals surface area contributed by atoms with E-state index in [1.54, 1.807) is 22.8 Å². The highest BCUT2D eigenvalue weighted by molar-refractivity contribution is 5.98. The SMILES string of the molecule is C=CCN(C(=O)C1N(CCCO)C(=O)[C@@H]2[C@H](C(=O)OCC)[C@@]3(C)OC12CC3C)C(C)CCC. The fourth-order valence-electron chi connectivity index (χ4n) is 6.45. The minimum Gasteiger partial charge on any atom is -0.466 e. The van der Waals surface area contributed by atoms with Gasteiger partial charge in [-0.1, -0.05) is 26.3 Å². The van der Waals surface area contributed by atoms with Crippen molar-refractivity contribution < 1.29 is 29.0 Å². The molecule has 3 fully saturated rings. The predicted molar refractivity (Wildman–Crippen MR) is 123 cm³/mol. The van der Waals surface area contributed by atoms with Gasteiger partial charge in [-0.3, -0.25) is 14.4 Å². The summed E-state index contributed by atoms with van der Waals surface area (Å²) in [5, 5.41) is 9.46. The maximum Gasteiger partial charge on any atom is 0.312 e. The molecule has 0 aromatic rings. The van der Waals surface area contributed by atoms with Crippen LogP contribution in [0.5, 0.6) is 0 Å². The summed E-state index contributed by atoms with van der Waals surface area (Å²) in [5.74, 6) is -2.42. The van der Waals surface area contributed by atoms with E-state index in [1.165, 1.54) is 0 Å². The van der Waals surface area contributed by atoms with E-state index in [4.69, 9.17) is 9.47 Å². The Kier molecular flexibility index (Phi) is 7.58. The highest BCUT2D eigenvalue weighted by Crippen LogP contribution is 2.65. The van der Waals surface area contributed by atoms with E-state index in [0.29, 0.717) is 19.4 Å². The number of aliphatic hydroxyl groups excluding tert-OH is 1. The molecule has 3 heterocycles. The van der Waals surface area contributed by atoms with Crippen LogP contribution in [0.2, 0.25) is 0 Å². The second-order valence-corrected chi connectivity index (χ2v) is 9.98. The van der Waals surface area contributed by atoms with E-state index in [1.807, 2.05) is 20.8 Å². The highest BCUT2D eigenvalue weighted by Gasteiger charge is 2.80. The van der Waals surface area contributed by atoms with Crippen molar-refractivity contribution in [2.75, 3.05) is 26.3 Å². The van der Waals surface area contributed by atoms with Gasteiger partial charge in [-0.05, 0) is 46.0 Å². The highest BCUT2D eigenvalue weighted by atomic mass is 16.6. The summed E-state index contributed by atoms with van der Waals surface area (Å²) >= 11 is 0. The monoisotopic (exact) mass is 464 g/mol. The zero-order chi connectivity index (χ0) is 24.6. The number of nitrogens with zero attached hydrogens (tertiary/aromatic N) is 2. The molecule has 3 aliphatic rings. The van der Waals surface area contributed by atoms with E-state index in [0.717, 1.165) is 12.8 Å². The Morgan fingerprint density at radius 1 is 1.42 bits per heavy atom. The van der Waals surface area contributed by atoms with Crippen molar-refractivity contribution in [1.29, 1.82) is 0 Å². The Bertz CT molecular complexity index is 787. The molecule has 0 aromatic heterocycles. The summed E-state index contributed by atoms with van der Waals surface area (Å²) in [6, 6.07) is -0.872. The van der Waals surface area contributed by atoms with Gasteiger partial charge in [-0.2, -0.15) is 0 Å². The van der Waals surface area contributed by atoms with E-state index in [9.17, 15) is 19.5 Å². The Labute approximate surface area is 197 Å². The van der Waals surface area contributed by atoms with Gasteiger partial charge in [0.05, 0.1) is 18.1 Å². The third kappa shape index (κ3) is 3.89. The molecule has 8 heteroatoms. The van der Waals surface area contributed by atoms with Crippen LogP contribution in [0, 0.1) is 17.8 Å². The fraction of sp³-hybridized carbons (Fsp3) is 0.800. The van der Waals surface area contributed by atoms with Crippen LogP contribution in [0.25, 0.3) is 0 Å². The molecule has 7 atom stereocenters. The van der Waals surface area contributed by atoms with Crippen LogP contribution in [0.1, 0.15) is 60.3 Å². The molecule has 4 unspecified atom stereocenters. The molecule has 33 heavy (non-hydrogen) atoms. The second-order valence-electron chi connectivity index (χ2n) is 9.98. The lowest BCUT2D eigenvalue weighted by molar-refractivity contribution is -0.162. The molecule has 2 bridgehead atoms. The van der Waals surface area contributed by atoms with Crippen molar-refractivity contribution in [3.63, 3.8) is 0 Å². The summed E-state index contributed by atoms with van der Waals surface area (Å²) < 4.78 is 12.0. The maximum absolute atomic E-state index is 14.1. The topological polar surface area (TPSA) is 96.4 Å². The number of hydrogen-bond acceptors (Lipinski definition) is 6. The van der Waals surface area contributed by atoms with E-state index < -0.39 is 35.0 Å². The molecule has 2 amide bonds. The molecule has 1 spiro atoms. The van der Waals surface area contributed by atoms with Crippen molar-refractivity contribution >= 4 is 17.8 Å². The molecule has 0 radical (unpaired) electrons. The Balaban J connectivity index is 2.09. The van der Waals surface area contributed by atoms with Gasteiger partial charge in [-0.25, -0.2) is 0 Å². The van der Waals surface area contributed by atoms with Gasteiger partial charge < -0.3 is 24.4 Å². The first-order chi connectivity index (χ1) is 15.6. The van der Waals surface area contributed by atoms with Crippen molar-refractivity contribution in [1.82, 2.24) is 9.80 Å². The molecule has 0 aromatic carbocycles. The molecule has 3 saturated heterocycles. The molecule has 3 rings (SSSR count). The average Bonchev–Trinajstić information content (AvgIpc) is 3.27. The molecule has 1 N–H and O–H groups in total. The number of aliphatic hydroxyl groups is 1. The van der Waals surface area contributed by atoms with E-state index in [2.05, 4.69) is 13.5 Å². The molecule has 186 valence electrons. The first kappa shape index (κ1) is 25.7. The van der Waals surface area contributed by atoms with Gasteiger partial charge in [0, 0.05) is 25.7 Å². The van der Waals surface area contributed by atoms with Crippen LogP contribution >= 0.6 is 0 Å². The number of rotatable bonds is 11. The molecule has 0 aliphatic carbocycles. The molecular weight excluding hydrogens is 424 g/mol. The summed E-state index contributed by atoms with van der Waals surface area (Å²) in [6.07, 6.45) is 4.32. The summed E-state index contributed by atoms with van der Waals surface area (Å²) in [5.41, 5.74) is -1.95. The summed E-state index contributed by atoms with van der Waals surface area (Å²) in [6.45, 7) is 14.3. The van der Waals surface area contributed by atoms with Crippen molar-refractivity contribution in [2.45, 2.75) is 83.6 Å². The minimum atomic E-state index is -1.08. The molecule has 8 nitrogen and oxygen atoms in total. The molecule has 0 saturated carbocycles. The number of likely N-dealkylation sites (tertiary alicyclic amines) is 1. The number of carbonyl (C=O) groups is 3. The number of fused-ring (bicyclic) bond motifs is 1. The van der Waals surface area contributed by atoms with Gasteiger partial charge in [0.25, 0.3) is 0 Å². The fourth-order valence-corrected chi connectivity index (χ4v) is 6.45. The number of carbonyl (C=O) groups excluding carboxylic acids is 3. The van der Waals surface area contributed by atoms with Gasteiger partial charge in [0.15, 0.2) is 0 Å². The van der Waals surface area contributed by atoms with Gasteiger partial charge >= 0.3 is 5.97 Å². The smallest absolute Gasteiger partial charge is 0.312 e. The Morgan fingerprint density at radius 2 is 2.12 bits per heavy atom. The minimum absolute atomic E-state index is 0.0232. The van der Waals surface area contributed by atoms with Crippen LogP contribution < -0.4 is 0 Å². The van der Waals surface area contributed by atoms with Gasteiger partial charge in [-0.15, -0.1) is 6.58 Å². The first-order valence-electron chi connectivity index (χ1n) is 12.3. The number of amides is 2. The normalized spacial score (nSPS) is 35.5. The van der Waals surface area contributed by atoms with Gasteiger partial charge in [0.2, 0.25) is 11.8 Å². The summed E-state index contributed by atoms with van der Waals surface area (Å²) in [7, 11) is 0. The van der Waals surface area contributed by atoms with E-state index >= 15 is 0 Å². The predicted octanol–water partition coefficient (Wildman–Crippen LogP) is 2.15. The van der Waals surface area contributed by atoms with Crippen molar-refractivity contribution in [2.24, 2.45) is 17.8 Å². The third-order valence-corrected chi connectivity index (χ3v) is 7.99. The largest absolute Gasteiger partial charge is 0.466 e.